The Labute approximate surface area is 106 Å². The number of pyridine rings is 2. The standard InChI is InChI=1S/C13H8F3N3/c14-13(15,16)12-2-1-9-11(19-12)7-10(18-9)8-3-5-17-6-4-8/h1-7,18H. The molecule has 0 saturated carbocycles. The van der Waals surface area contributed by atoms with Gasteiger partial charge in [0, 0.05) is 23.7 Å². The number of nitrogens with zero attached hydrogens (tertiary/aromatic N) is 2. The minimum Gasteiger partial charge on any atom is -0.353 e. The van der Waals surface area contributed by atoms with Crippen molar-refractivity contribution < 1.29 is 13.2 Å². The van der Waals surface area contributed by atoms with Crippen molar-refractivity contribution in [2.75, 3.05) is 0 Å². The first-order valence-electron chi connectivity index (χ1n) is 5.51. The van der Waals surface area contributed by atoms with Gasteiger partial charge in [0.1, 0.15) is 5.69 Å². The van der Waals surface area contributed by atoms with Gasteiger partial charge in [-0.3, -0.25) is 4.98 Å². The van der Waals surface area contributed by atoms with Crippen LogP contribution >= 0.6 is 0 Å². The minimum absolute atomic E-state index is 0.293. The van der Waals surface area contributed by atoms with Crippen LogP contribution in [0.3, 0.4) is 0 Å². The van der Waals surface area contributed by atoms with E-state index in [-0.39, 0.29) is 0 Å². The molecule has 0 atom stereocenters. The predicted molar refractivity (Wildman–Crippen MR) is 64.3 cm³/mol. The first-order chi connectivity index (χ1) is 9.04. The number of aromatic amines is 1. The maximum Gasteiger partial charge on any atom is 0.433 e. The van der Waals surface area contributed by atoms with Gasteiger partial charge in [-0.2, -0.15) is 13.2 Å². The highest BCUT2D eigenvalue weighted by Crippen LogP contribution is 2.30. The molecule has 1 N–H and O–H groups in total. The zero-order valence-electron chi connectivity index (χ0n) is 9.57. The first-order valence-corrected chi connectivity index (χ1v) is 5.51. The van der Waals surface area contributed by atoms with E-state index in [9.17, 15) is 13.2 Å². The Morgan fingerprint density at radius 1 is 1.00 bits per heavy atom. The van der Waals surface area contributed by atoms with Gasteiger partial charge in [-0.1, -0.05) is 0 Å². The largest absolute Gasteiger partial charge is 0.433 e. The zero-order chi connectivity index (χ0) is 13.5. The molecule has 0 unspecified atom stereocenters. The summed E-state index contributed by atoms with van der Waals surface area (Å²) in [7, 11) is 0. The number of aromatic nitrogens is 3. The molecule has 0 aliphatic heterocycles. The normalized spacial score (nSPS) is 11.9. The van der Waals surface area contributed by atoms with Crippen LogP contribution in [0.2, 0.25) is 0 Å². The quantitative estimate of drug-likeness (QED) is 0.728. The van der Waals surface area contributed by atoms with Gasteiger partial charge in [0.25, 0.3) is 0 Å². The number of H-pyrrole nitrogens is 1. The summed E-state index contributed by atoms with van der Waals surface area (Å²) < 4.78 is 37.7. The second-order valence-corrected chi connectivity index (χ2v) is 4.05. The summed E-state index contributed by atoms with van der Waals surface area (Å²) in [5, 5.41) is 0. The number of fused-ring (bicyclic) bond motifs is 1. The Balaban J connectivity index is 2.12. The summed E-state index contributed by atoms with van der Waals surface area (Å²) in [6.07, 6.45) is -1.19. The van der Waals surface area contributed by atoms with Gasteiger partial charge in [0.05, 0.1) is 11.0 Å². The molecular formula is C13H8F3N3. The molecule has 3 aromatic rings. The fourth-order valence-corrected chi connectivity index (χ4v) is 1.85. The highest BCUT2D eigenvalue weighted by atomic mass is 19.4. The van der Waals surface area contributed by atoms with E-state index in [1.165, 1.54) is 6.07 Å². The third-order valence-corrected chi connectivity index (χ3v) is 2.76. The Bertz CT molecular complexity index is 717. The fraction of sp³-hybridized carbons (Fsp3) is 0.0769. The van der Waals surface area contributed by atoms with E-state index in [4.69, 9.17) is 0 Å². The third-order valence-electron chi connectivity index (χ3n) is 2.76. The van der Waals surface area contributed by atoms with Crippen molar-refractivity contribution >= 4 is 11.0 Å². The summed E-state index contributed by atoms with van der Waals surface area (Å²) in [6, 6.07) is 7.50. The molecule has 3 heterocycles. The maximum absolute atomic E-state index is 12.6. The molecule has 3 rings (SSSR count). The summed E-state index contributed by atoms with van der Waals surface area (Å²) in [5.74, 6) is 0. The number of nitrogens with one attached hydrogen (secondary N) is 1. The van der Waals surface area contributed by atoms with Crippen LogP contribution in [0.1, 0.15) is 5.69 Å². The molecule has 3 nitrogen and oxygen atoms in total. The number of alkyl halides is 3. The van der Waals surface area contributed by atoms with Crippen molar-refractivity contribution in [2.24, 2.45) is 0 Å². The van der Waals surface area contributed by atoms with Crippen LogP contribution in [0.4, 0.5) is 13.2 Å². The monoisotopic (exact) mass is 263 g/mol. The van der Waals surface area contributed by atoms with Gasteiger partial charge in [0.2, 0.25) is 0 Å². The number of halogens is 3. The summed E-state index contributed by atoms with van der Waals surface area (Å²) in [5.41, 5.74) is 1.53. The molecule has 0 aliphatic rings. The average Bonchev–Trinajstić information content (AvgIpc) is 2.81. The van der Waals surface area contributed by atoms with Crippen molar-refractivity contribution in [1.82, 2.24) is 15.0 Å². The third kappa shape index (κ3) is 2.16. The second-order valence-electron chi connectivity index (χ2n) is 4.05. The second kappa shape index (κ2) is 4.08. The van der Waals surface area contributed by atoms with E-state index in [2.05, 4.69) is 15.0 Å². The van der Waals surface area contributed by atoms with E-state index < -0.39 is 11.9 Å². The lowest BCUT2D eigenvalue weighted by atomic mass is 10.2. The van der Waals surface area contributed by atoms with E-state index in [1.54, 1.807) is 30.6 Å². The SMILES string of the molecule is FC(F)(F)c1ccc2[nH]c(-c3ccncc3)cc2n1. The van der Waals surface area contributed by atoms with Crippen molar-refractivity contribution in [3.05, 3.63) is 48.4 Å². The molecule has 0 fully saturated rings. The van der Waals surface area contributed by atoms with Gasteiger partial charge in [-0.25, -0.2) is 4.98 Å². The predicted octanol–water partition coefficient (Wildman–Crippen LogP) is 3.64. The van der Waals surface area contributed by atoms with Crippen LogP contribution in [0.5, 0.6) is 0 Å². The minimum atomic E-state index is -4.43. The highest BCUT2D eigenvalue weighted by Gasteiger charge is 2.32. The van der Waals surface area contributed by atoms with Crippen LogP contribution in [0.25, 0.3) is 22.3 Å². The molecule has 0 amide bonds. The van der Waals surface area contributed by atoms with Crippen molar-refractivity contribution in [3.63, 3.8) is 0 Å². The Hall–Kier alpha value is -2.37. The van der Waals surface area contributed by atoms with E-state index in [0.29, 0.717) is 16.7 Å². The molecular weight excluding hydrogens is 255 g/mol. The van der Waals surface area contributed by atoms with Gasteiger partial charge in [0.15, 0.2) is 0 Å². The molecule has 6 heteroatoms. The smallest absolute Gasteiger partial charge is 0.353 e. The lowest BCUT2D eigenvalue weighted by Crippen LogP contribution is -2.07. The zero-order valence-corrected chi connectivity index (χ0v) is 9.57. The highest BCUT2D eigenvalue weighted by molar-refractivity contribution is 5.82. The molecule has 3 aromatic heterocycles. The van der Waals surface area contributed by atoms with Crippen LogP contribution in [-0.4, -0.2) is 15.0 Å². The molecule has 0 aromatic carbocycles. The molecule has 0 aliphatic carbocycles. The summed E-state index contributed by atoms with van der Waals surface area (Å²) in [6.45, 7) is 0. The summed E-state index contributed by atoms with van der Waals surface area (Å²) >= 11 is 0. The fourth-order valence-electron chi connectivity index (χ4n) is 1.85. The molecule has 19 heavy (non-hydrogen) atoms. The first kappa shape index (κ1) is 11.7. The summed E-state index contributed by atoms with van der Waals surface area (Å²) in [4.78, 5) is 10.5. The van der Waals surface area contributed by atoms with Gasteiger partial charge < -0.3 is 4.98 Å². The Kier molecular flexibility index (Phi) is 2.51. The van der Waals surface area contributed by atoms with Gasteiger partial charge in [-0.05, 0) is 30.3 Å². The Morgan fingerprint density at radius 3 is 2.42 bits per heavy atom. The molecule has 0 radical (unpaired) electrons. The van der Waals surface area contributed by atoms with Crippen LogP contribution in [0.15, 0.2) is 42.7 Å². The van der Waals surface area contributed by atoms with E-state index >= 15 is 0 Å². The lowest BCUT2D eigenvalue weighted by molar-refractivity contribution is -0.140. The lowest BCUT2D eigenvalue weighted by Gasteiger charge is -2.04. The van der Waals surface area contributed by atoms with Crippen LogP contribution in [-0.2, 0) is 6.18 Å². The van der Waals surface area contributed by atoms with E-state index in [1.807, 2.05) is 0 Å². The van der Waals surface area contributed by atoms with Gasteiger partial charge >= 0.3 is 6.18 Å². The maximum atomic E-state index is 12.6. The average molecular weight is 263 g/mol. The molecule has 0 saturated heterocycles. The number of rotatable bonds is 1. The topological polar surface area (TPSA) is 41.6 Å². The van der Waals surface area contributed by atoms with Gasteiger partial charge in [-0.15, -0.1) is 0 Å². The van der Waals surface area contributed by atoms with E-state index in [0.717, 1.165) is 11.6 Å². The molecule has 0 spiro atoms. The van der Waals surface area contributed by atoms with Crippen LogP contribution < -0.4 is 0 Å². The Morgan fingerprint density at radius 2 is 1.74 bits per heavy atom. The van der Waals surface area contributed by atoms with Crippen LogP contribution in [0, 0.1) is 0 Å². The number of hydrogen-bond acceptors (Lipinski definition) is 2. The van der Waals surface area contributed by atoms with Crippen molar-refractivity contribution in [1.29, 1.82) is 0 Å². The molecule has 0 bridgehead atoms. The van der Waals surface area contributed by atoms with Crippen molar-refractivity contribution in [3.8, 4) is 11.3 Å². The number of hydrogen-bond donors (Lipinski definition) is 1. The van der Waals surface area contributed by atoms with Crippen molar-refractivity contribution in [2.45, 2.75) is 6.18 Å². The molecule has 96 valence electrons.